The van der Waals surface area contributed by atoms with Gasteiger partial charge in [0.15, 0.2) is 0 Å². The number of nitrogens with one attached hydrogen (secondary N) is 1. The molecule has 3 N–H and O–H groups in total. The van der Waals surface area contributed by atoms with Crippen molar-refractivity contribution in [3.05, 3.63) is 59.7 Å². The minimum atomic E-state index is -0.0184. The van der Waals surface area contributed by atoms with Gasteiger partial charge in [0, 0.05) is 17.8 Å². The second kappa shape index (κ2) is 8.34. The molecule has 4 nitrogen and oxygen atoms in total. The molecule has 0 bridgehead atoms. The van der Waals surface area contributed by atoms with E-state index >= 15 is 0 Å². The minimum absolute atomic E-state index is 0.0184. The molecule has 0 heterocycles. The minimum Gasteiger partial charge on any atom is -0.399 e. The molecule has 122 valence electrons. The van der Waals surface area contributed by atoms with E-state index in [1.54, 1.807) is 0 Å². The normalized spacial score (nSPS) is 10.7. The Morgan fingerprint density at radius 2 is 1.96 bits per heavy atom. The maximum absolute atomic E-state index is 12.1. The van der Waals surface area contributed by atoms with Crippen LogP contribution in [0.5, 0.6) is 0 Å². The lowest BCUT2D eigenvalue weighted by molar-refractivity contribution is -0.116. The van der Waals surface area contributed by atoms with E-state index in [4.69, 9.17) is 10.5 Å². The largest absolute Gasteiger partial charge is 0.399 e. The van der Waals surface area contributed by atoms with Crippen molar-refractivity contribution in [2.24, 2.45) is 0 Å². The molecule has 0 aliphatic carbocycles. The highest BCUT2D eigenvalue weighted by Crippen LogP contribution is 2.15. The van der Waals surface area contributed by atoms with E-state index in [-0.39, 0.29) is 12.0 Å². The zero-order valence-corrected chi connectivity index (χ0v) is 13.7. The summed E-state index contributed by atoms with van der Waals surface area (Å²) in [6.07, 6.45) is 1.22. The van der Waals surface area contributed by atoms with Gasteiger partial charge in [0.05, 0.1) is 12.7 Å². The summed E-state index contributed by atoms with van der Waals surface area (Å²) < 4.78 is 5.58. The number of hydrogen-bond acceptors (Lipinski definition) is 3. The van der Waals surface area contributed by atoms with Crippen molar-refractivity contribution in [3.8, 4) is 0 Å². The standard InChI is InChI=1S/C19H24N2O2/c1-14(2)23-13-15-6-5-8-17(12-15)21-19(22)11-10-16-7-3-4-9-18(16)20/h3-9,12,14H,10-11,13,20H2,1-2H3,(H,21,22). The summed E-state index contributed by atoms with van der Waals surface area (Å²) in [5.41, 5.74) is 9.46. The molecule has 0 unspecified atom stereocenters. The summed E-state index contributed by atoms with van der Waals surface area (Å²) in [5.74, 6) is -0.0184. The summed E-state index contributed by atoms with van der Waals surface area (Å²) in [4.78, 5) is 12.1. The number of nitrogens with two attached hydrogens (primary N) is 1. The number of rotatable bonds is 7. The molecule has 0 saturated heterocycles. The van der Waals surface area contributed by atoms with Crippen LogP contribution in [0.4, 0.5) is 11.4 Å². The summed E-state index contributed by atoms with van der Waals surface area (Å²) in [6.45, 7) is 4.55. The third-order valence-corrected chi connectivity index (χ3v) is 3.47. The Labute approximate surface area is 137 Å². The lowest BCUT2D eigenvalue weighted by Gasteiger charge is -2.10. The second-order valence-corrected chi connectivity index (χ2v) is 5.81. The number of carbonyl (C=O) groups is 1. The fourth-order valence-corrected chi connectivity index (χ4v) is 2.24. The molecule has 4 heteroatoms. The van der Waals surface area contributed by atoms with Crippen molar-refractivity contribution in [3.63, 3.8) is 0 Å². The first kappa shape index (κ1) is 17.0. The van der Waals surface area contributed by atoms with Crippen LogP contribution in [0.15, 0.2) is 48.5 Å². The first-order chi connectivity index (χ1) is 11.0. The maximum atomic E-state index is 12.1. The van der Waals surface area contributed by atoms with Crippen LogP contribution in [0.2, 0.25) is 0 Å². The van der Waals surface area contributed by atoms with Crippen LogP contribution in [0.1, 0.15) is 31.4 Å². The molecule has 0 aliphatic rings. The first-order valence-corrected chi connectivity index (χ1v) is 7.88. The van der Waals surface area contributed by atoms with E-state index in [1.807, 2.05) is 62.4 Å². The van der Waals surface area contributed by atoms with Crippen LogP contribution in [0, 0.1) is 0 Å². The average Bonchev–Trinajstić information content (AvgIpc) is 2.52. The number of ether oxygens (including phenoxy) is 1. The predicted octanol–water partition coefficient (Wildman–Crippen LogP) is 3.77. The summed E-state index contributed by atoms with van der Waals surface area (Å²) in [5, 5.41) is 2.92. The highest BCUT2D eigenvalue weighted by Gasteiger charge is 2.06. The number of carbonyl (C=O) groups excluding carboxylic acids is 1. The van der Waals surface area contributed by atoms with Crippen molar-refractivity contribution in [2.75, 3.05) is 11.1 Å². The van der Waals surface area contributed by atoms with Crippen LogP contribution in [-0.2, 0) is 22.6 Å². The Kier molecular flexibility index (Phi) is 6.18. The van der Waals surface area contributed by atoms with Crippen molar-refractivity contribution in [2.45, 2.75) is 39.4 Å². The fraction of sp³-hybridized carbons (Fsp3) is 0.316. The molecule has 0 fully saturated rings. The maximum Gasteiger partial charge on any atom is 0.224 e. The number of para-hydroxylation sites is 1. The number of anilines is 2. The number of aryl methyl sites for hydroxylation is 1. The van der Waals surface area contributed by atoms with Gasteiger partial charge in [-0.3, -0.25) is 4.79 Å². The topological polar surface area (TPSA) is 64.3 Å². The summed E-state index contributed by atoms with van der Waals surface area (Å²) >= 11 is 0. The molecule has 2 rings (SSSR count). The third-order valence-electron chi connectivity index (χ3n) is 3.47. The van der Waals surface area contributed by atoms with E-state index in [0.29, 0.717) is 19.4 Å². The molecule has 0 atom stereocenters. The molecule has 0 aliphatic heterocycles. The zero-order valence-electron chi connectivity index (χ0n) is 13.7. The van der Waals surface area contributed by atoms with Crippen molar-refractivity contribution in [1.29, 1.82) is 0 Å². The van der Waals surface area contributed by atoms with Gasteiger partial charge in [0.1, 0.15) is 0 Å². The Balaban J connectivity index is 1.87. The van der Waals surface area contributed by atoms with Gasteiger partial charge in [-0.25, -0.2) is 0 Å². The van der Waals surface area contributed by atoms with Gasteiger partial charge in [0.25, 0.3) is 0 Å². The number of hydrogen-bond donors (Lipinski definition) is 2. The molecule has 2 aromatic carbocycles. The molecule has 2 aromatic rings. The first-order valence-electron chi connectivity index (χ1n) is 7.88. The Bertz CT molecular complexity index is 653. The van der Waals surface area contributed by atoms with Gasteiger partial charge in [0.2, 0.25) is 5.91 Å². The van der Waals surface area contributed by atoms with E-state index < -0.39 is 0 Å². The van der Waals surface area contributed by atoms with Gasteiger partial charge in [-0.1, -0.05) is 30.3 Å². The molecule has 23 heavy (non-hydrogen) atoms. The summed E-state index contributed by atoms with van der Waals surface area (Å²) in [6, 6.07) is 15.4. The van der Waals surface area contributed by atoms with Crippen LogP contribution in [0.25, 0.3) is 0 Å². The van der Waals surface area contributed by atoms with E-state index in [0.717, 1.165) is 22.5 Å². The molecule has 0 aromatic heterocycles. The lowest BCUT2D eigenvalue weighted by Crippen LogP contribution is -2.13. The van der Waals surface area contributed by atoms with Crippen LogP contribution in [-0.4, -0.2) is 12.0 Å². The average molecular weight is 312 g/mol. The molecule has 0 radical (unpaired) electrons. The quantitative estimate of drug-likeness (QED) is 0.765. The summed E-state index contributed by atoms with van der Waals surface area (Å²) in [7, 11) is 0. The van der Waals surface area contributed by atoms with Gasteiger partial charge in [-0.2, -0.15) is 0 Å². The van der Waals surface area contributed by atoms with Crippen molar-refractivity contribution >= 4 is 17.3 Å². The monoisotopic (exact) mass is 312 g/mol. The van der Waals surface area contributed by atoms with E-state index in [1.165, 1.54) is 0 Å². The zero-order chi connectivity index (χ0) is 16.7. The van der Waals surface area contributed by atoms with Gasteiger partial charge in [-0.05, 0) is 49.6 Å². The van der Waals surface area contributed by atoms with Crippen molar-refractivity contribution < 1.29 is 9.53 Å². The van der Waals surface area contributed by atoms with Gasteiger partial charge >= 0.3 is 0 Å². The highest BCUT2D eigenvalue weighted by molar-refractivity contribution is 5.91. The SMILES string of the molecule is CC(C)OCc1cccc(NC(=O)CCc2ccccc2N)c1. The van der Waals surface area contributed by atoms with E-state index in [2.05, 4.69) is 5.32 Å². The molecule has 1 amide bonds. The van der Waals surface area contributed by atoms with Crippen LogP contribution in [0.3, 0.4) is 0 Å². The fourth-order valence-electron chi connectivity index (χ4n) is 2.24. The number of nitrogen functional groups attached to an aromatic ring is 1. The lowest BCUT2D eigenvalue weighted by atomic mass is 10.1. The number of amides is 1. The second-order valence-electron chi connectivity index (χ2n) is 5.81. The molecular weight excluding hydrogens is 288 g/mol. The third kappa shape index (κ3) is 5.75. The molecule has 0 saturated carbocycles. The van der Waals surface area contributed by atoms with Crippen molar-refractivity contribution in [1.82, 2.24) is 0 Å². The molecular formula is C19H24N2O2. The van der Waals surface area contributed by atoms with Gasteiger partial charge in [-0.15, -0.1) is 0 Å². The van der Waals surface area contributed by atoms with Crippen LogP contribution < -0.4 is 11.1 Å². The molecule has 0 spiro atoms. The van der Waals surface area contributed by atoms with Gasteiger partial charge < -0.3 is 15.8 Å². The Morgan fingerprint density at radius 3 is 2.70 bits per heavy atom. The Morgan fingerprint density at radius 1 is 1.17 bits per heavy atom. The Hall–Kier alpha value is -2.33. The highest BCUT2D eigenvalue weighted by atomic mass is 16.5. The van der Waals surface area contributed by atoms with Crippen LogP contribution >= 0.6 is 0 Å². The van der Waals surface area contributed by atoms with E-state index in [9.17, 15) is 4.79 Å². The predicted molar refractivity (Wildman–Crippen MR) is 94.2 cm³/mol. The number of benzene rings is 2. The smallest absolute Gasteiger partial charge is 0.224 e.